The summed E-state index contributed by atoms with van der Waals surface area (Å²) < 4.78 is 37.2. The van der Waals surface area contributed by atoms with Gasteiger partial charge in [-0.1, -0.05) is 18.2 Å². The summed E-state index contributed by atoms with van der Waals surface area (Å²) in [4.78, 5) is 2.39. The van der Waals surface area contributed by atoms with E-state index in [9.17, 15) is 5.21 Å². The molecule has 0 spiro atoms. The van der Waals surface area contributed by atoms with Crippen molar-refractivity contribution in [2.45, 2.75) is 44.4 Å². The maximum Gasteiger partial charge on any atom is 0.204 e. The Morgan fingerprint density at radius 1 is 0.766 bits per heavy atom. The fraction of sp³-hybridized carbons (Fsp3) is 0.368. The maximum atomic E-state index is 14.3. The highest BCUT2D eigenvalue weighted by Gasteiger charge is 2.40. The van der Waals surface area contributed by atoms with Gasteiger partial charge in [-0.15, -0.1) is 0 Å². The minimum absolute atomic E-state index is 0.0623. The molecule has 9 heteroatoms. The minimum Gasteiger partial charge on any atom is -0.633 e. The van der Waals surface area contributed by atoms with E-state index in [2.05, 4.69) is 42.3 Å². The molecule has 47 heavy (non-hydrogen) atoms. The molecule has 0 aromatic heterocycles. The average Bonchev–Trinajstić information content (AvgIpc) is 3.26. The number of rotatable bonds is 3. The van der Waals surface area contributed by atoms with E-state index in [1.54, 1.807) is 28.4 Å². The number of nitrogens with zero attached hydrogens (tertiary/aromatic N) is 2. The number of hydroxylamine groups is 3. The van der Waals surface area contributed by atoms with Gasteiger partial charge in [0, 0.05) is 36.6 Å². The second kappa shape index (κ2) is 11.4. The molecular weight excluding hydrogens is 596 g/mol. The van der Waals surface area contributed by atoms with Crippen molar-refractivity contribution in [2.75, 3.05) is 48.5 Å². The van der Waals surface area contributed by atoms with Crippen LogP contribution in [0.25, 0.3) is 0 Å². The molecule has 0 aliphatic carbocycles. The molecule has 1 unspecified atom stereocenters. The quantitative estimate of drug-likeness (QED) is 0.175. The molecule has 3 atom stereocenters. The fourth-order valence-corrected chi connectivity index (χ4v) is 7.83. The van der Waals surface area contributed by atoms with E-state index in [0.717, 1.165) is 64.3 Å². The summed E-state index contributed by atoms with van der Waals surface area (Å²) in [5.74, 6) is 5.05. The van der Waals surface area contributed by atoms with Crippen LogP contribution < -0.4 is 28.4 Å². The first-order chi connectivity index (χ1) is 22.8. The molecular formula is C38H40N2O7. The summed E-state index contributed by atoms with van der Waals surface area (Å²) in [7, 11) is 8.84. The molecule has 0 fully saturated rings. The number of quaternary nitrogens is 1. The zero-order chi connectivity index (χ0) is 32.4. The van der Waals surface area contributed by atoms with Gasteiger partial charge in [-0.2, -0.15) is 0 Å². The molecule has 11 rings (SSSR count). The third kappa shape index (κ3) is 4.96. The topological polar surface area (TPSA) is 81.7 Å². The highest BCUT2D eigenvalue weighted by molar-refractivity contribution is 5.64. The molecule has 4 aromatic carbocycles. The molecule has 7 heterocycles. The van der Waals surface area contributed by atoms with Gasteiger partial charge in [0.15, 0.2) is 23.0 Å². The Kier molecular flexibility index (Phi) is 7.24. The lowest BCUT2D eigenvalue weighted by molar-refractivity contribution is -0.894. The smallest absolute Gasteiger partial charge is 0.204 e. The van der Waals surface area contributed by atoms with E-state index in [1.165, 1.54) is 5.56 Å². The molecule has 4 aromatic rings. The Balaban J connectivity index is 1.35. The Labute approximate surface area is 275 Å². The molecule has 0 radical (unpaired) electrons. The molecule has 7 aliphatic rings. The van der Waals surface area contributed by atoms with E-state index >= 15 is 0 Å². The Morgan fingerprint density at radius 3 is 2.28 bits per heavy atom. The number of hydrogen-bond acceptors (Lipinski definition) is 8. The summed E-state index contributed by atoms with van der Waals surface area (Å²) in [5.41, 5.74) is 7.33. The van der Waals surface area contributed by atoms with Crippen LogP contribution in [0, 0.1) is 5.21 Å². The van der Waals surface area contributed by atoms with Crippen LogP contribution in [0.3, 0.4) is 0 Å². The van der Waals surface area contributed by atoms with E-state index in [0.29, 0.717) is 60.5 Å². The van der Waals surface area contributed by atoms with E-state index in [1.807, 2.05) is 24.3 Å². The van der Waals surface area contributed by atoms with Crippen molar-refractivity contribution in [1.29, 1.82) is 0 Å². The van der Waals surface area contributed by atoms with Crippen LogP contribution in [0.1, 0.15) is 51.0 Å². The van der Waals surface area contributed by atoms with Crippen molar-refractivity contribution in [3.63, 3.8) is 0 Å². The van der Waals surface area contributed by atoms with Gasteiger partial charge in [0.05, 0.1) is 40.5 Å². The van der Waals surface area contributed by atoms with Crippen LogP contribution in [0.2, 0.25) is 0 Å². The van der Waals surface area contributed by atoms with Crippen LogP contribution in [0.5, 0.6) is 46.0 Å². The van der Waals surface area contributed by atoms with Crippen molar-refractivity contribution in [3.05, 3.63) is 98.7 Å². The highest BCUT2D eigenvalue weighted by Crippen LogP contribution is 2.54. The van der Waals surface area contributed by atoms with E-state index in [-0.39, 0.29) is 6.04 Å². The summed E-state index contributed by atoms with van der Waals surface area (Å²) in [5, 5.41) is 14.3. The van der Waals surface area contributed by atoms with Gasteiger partial charge in [-0.05, 0) is 78.5 Å². The average molecular weight is 637 g/mol. The van der Waals surface area contributed by atoms with E-state index in [4.69, 9.17) is 28.4 Å². The van der Waals surface area contributed by atoms with E-state index < -0.39 is 10.7 Å². The summed E-state index contributed by atoms with van der Waals surface area (Å²) in [6.45, 7) is 1.67. The zero-order valence-electron chi connectivity index (χ0n) is 27.6. The van der Waals surface area contributed by atoms with Gasteiger partial charge in [-0.25, -0.2) is 0 Å². The third-order valence-corrected chi connectivity index (χ3v) is 10.4. The number of likely N-dealkylation sites (N-methyl/N-ethyl adjacent to an activating group) is 2. The molecule has 0 N–H and O–H groups in total. The first kappa shape index (κ1) is 29.9. The highest BCUT2D eigenvalue weighted by atomic mass is 16.6. The minimum atomic E-state index is -0.446. The number of ether oxygens (including phenoxy) is 6. The number of methoxy groups -OCH3 is 3. The van der Waals surface area contributed by atoms with Gasteiger partial charge < -0.3 is 38.3 Å². The lowest BCUT2D eigenvalue weighted by Gasteiger charge is -2.49. The van der Waals surface area contributed by atoms with Gasteiger partial charge in [0.25, 0.3) is 0 Å². The van der Waals surface area contributed by atoms with Crippen molar-refractivity contribution < 1.29 is 33.1 Å². The Hall–Kier alpha value is -4.44. The predicted octanol–water partition coefficient (Wildman–Crippen LogP) is 7.06. The van der Waals surface area contributed by atoms with Gasteiger partial charge in [-0.3, -0.25) is 4.90 Å². The number of benzene rings is 4. The Bertz CT molecular complexity index is 1870. The molecule has 6 bridgehead atoms. The van der Waals surface area contributed by atoms with Crippen molar-refractivity contribution in [1.82, 2.24) is 4.90 Å². The summed E-state index contributed by atoms with van der Waals surface area (Å²) in [6.07, 6.45) is 2.74. The lowest BCUT2D eigenvalue weighted by atomic mass is 9.86. The second-order valence-corrected chi connectivity index (χ2v) is 13.2. The molecule has 0 saturated heterocycles. The molecule has 9 nitrogen and oxygen atoms in total. The summed E-state index contributed by atoms with van der Waals surface area (Å²) in [6, 6.07) is 18.1. The monoisotopic (exact) mass is 636 g/mol. The normalized spacial score (nSPS) is 22.6. The molecule has 244 valence electrons. The molecule has 0 saturated carbocycles. The first-order valence-corrected chi connectivity index (χ1v) is 16.2. The van der Waals surface area contributed by atoms with Crippen LogP contribution in [-0.2, 0) is 32.3 Å². The molecule has 0 amide bonds. The van der Waals surface area contributed by atoms with Crippen LogP contribution >= 0.6 is 0 Å². The van der Waals surface area contributed by atoms with Gasteiger partial charge in [0.2, 0.25) is 11.5 Å². The Morgan fingerprint density at radius 2 is 1.51 bits per heavy atom. The predicted molar refractivity (Wildman–Crippen MR) is 177 cm³/mol. The third-order valence-electron chi connectivity index (χ3n) is 10.4. The van der Waals surface area contributed by atoms with Crippen LogP contribution in [0.15, 0.2) is 54.6 Å². The number of hydrogen-bond donors (Lipinski definition) is 0. The van der Waals surface area contributed by atoms with Gasteiger partial charge >= 0.3 is 0 Å². The van der Waals surface area contributed by atoms with Crippen molar-refractivity contribution >= 4 is 0 Å². The maximum absolute atomic E-state index is 14.3. The van der Waals surface area contributed by atoms with Crippen molar-refractivity contribution in [3.8, 4) is 46.0 Å². The largest absolute Gasteiger partial charge is 0.633 e. The first-order valence-electron chi connectivity index (χ1n) is 16.2. The fourth-order valence-electron chi connectivity index (χ4n) is 7.83. The van der Waals surface area contributed by atoms with Gasteiger partial charge in [0.1, 0.15) is 24.1 Å². The standard InChI is InChI=1S/C38H40N2O7/c1-39-14-12-24-19-32(43-4)36-37-33(24)28(39)17-22-6-9-27(10-7-22)46-38-34-25(20-31(42-3)35(38)44-5)13-15-40(2,41)29(34)18-23-8-11-30(47-37)26(16-23)21-45-36/h6-11,16,19-20,28-29H,12-15,17-18,21H2,1-5H3/t28-,29-,40?/m1/s1. The lowest BCUT2D eigenvalue weighted by Crippen LogP contribution is -2.47. The summed E-state index contributed by atoms with van der Waals surface area (Å²) >= 11 is 0. The second-order valence-electron chi connectivity index (χ2n) is 13.2. The van der Waals surface area contributed by atoms with Crippen molar-refractivity contribution in [2.24, 2.45) is 0 Å². The van der Waals surface area contributed by atoms with Crippen LogP contribution in [0.4, 0.5) is 0 Å². The SMILES string of the molecule is COc1cc2c3c4c1OCc1cc(ccc1O4)C[C@@H]1c4c(cc(OC)c(OC)c4Oc4ccc(cc4)C[C@H]3N(C)CC2)CC[N+]1(C)[O-]. The molecule has 7 aliphatic heterocycles. The van der Waals surface area contributed by atoms with Crippen LogP contribution in [-0.4, -0.2) is 58.1 Å². The zero-order valence-corrected chi connectivity index (χ0v) is 27.6.